The molecule has 6 heteroatoms. The highest BCUT2D eigenvalue weighted by atomic mass is 32.1. The minimum absolute atomic E-state index is 0.135. The molecule has 0 bridgehead atoms. The fourth-order valence-corrected chi connectivity index (χ4v) is 4.43. The molecule has 124 valence electrons. The Kier molecular flexibility index (Phi) is 4.06. The number of benzene rings is 1. The number of piperidine rings is 1. The lowest BCUT2D eigenvalue weighted by molar-refractivity contribution is 0.0705. The van der Waals surface area contributed by atoms with Crippen molar-refractivity contribution in [3.63, 3.8) is 0 Å². The minimum Gasteiger partial charge on any atom is -0.338 e. The smallest absolute Gasteiger partial charge is 0.255 e. The van der Waals surface area contributed by atoms with E-state index in [1.807, 2.05) is 22.4 Å². The maximum absolute atomic E-state index is 13.1. The maximum atomic E-state index is 13.1. The number of likely N-dealkylation sites (tertiary alicyclic amines) is 1. The molecule has 1 unspecified atom stereocenters. The van der Waals surface area contributed by atoms with Gasteiger partial charge < -0.3 is 9.47 Å². The van der Waals surface area contributed by atoms with Crippen LogP contribution in [0.15, 0.2) is 36.0 Å². The summed E-state index contributed by atoms with van der Waals surface area (Å²) in [5, 5.41) is 11.5. The molecular weight excluding hydrogens is 320 g/mol. The van der Waals surface area contributed by atoms with Crippen LogP contribution in [0.25, 0.3) is 10.1 Å². The van der Waals surface area contributed by atoms with E-state index in [1.54, 1.807) is 17.7 Å². The molecule has 1 aromatic carbocycles. The van der Waals surface area contributed by atoms with E-state index in [1.165, 1.54) is 0 Å². The Balaban J connectivity index is 1.60. The van der Waals surface area contributed by atoms with Gasteiger partial charge >= 0.3 is 0 Å². The lowest BCUT2D eigenvalue weighted by atomic mass is 9.96. The van der Waals surface area contributed by atoms with Crippen molar-refractivity contribution in [1.82, 2.24) is 19.7 Å². The van der Waals surface area contributed by atoms with Crippen molar-refractivity contribution in [2.24, 2.45) is 0 Å². The Labute approximate surface area is 144 Å². The quantitative estimate of drug-likeness (QED) is 0.733. The lowest BCUT2D eigenvalue weighted by Gasteiger charge is -2.32. The van der Waals surface area contributed by atoms with E-state index in [0.717, 1.165) is 53.9 Å². The number of hydrogen-bond donors (Lipinski definition) is 0. The number of carbonyl (C=O) groups is 1. The molecule has 1 saturated heterocycles. The third kappa shape index (κ3) is 2.60. The molecule has 3 aromatic rings. The Morgan fingerprint density at radius 3 is 3.17 bits per heavy atom. The summed E-state index contributed by atoms with van der Waals surface area (Å²) in [6.07, 6.45) is 3.85. The molecule has 1 amide bonds. The second kappa shape index (κ2) is 6.36. The van der Waals surface area contributed by atoms with Gasteiger partial charge in [0.1, 0.15) is 12.2 Å². The van der Waals surface area contributed by atoms with E-state index >= 15 is 0 Å². The van der Waals surface area contributed by atoms with E-state index < -0.39 is 0 Å². The largest absolute Gasteiger partial charge is 0.338 e. The van der Waals surface area contributed by atoms with Crippen LogP contribution in [0.4, 0.5) is 0 Å². The molecule has 0 radical (unpaired) electrons. The molecule has 1 aliphatic heterocycles. The Morgan fingerprint density at radius 2 is 2.29 bits per heavy atom. The van der Waals surface area contributed by atoms with Crippen LogP contribution in [0.3, 0.4) is 0 Å². The second-order valence-electron chi connectivity index (χ2n) is 6.21. The highest BCUT2D eigenvalue weighted by Gasteiger charge is 2.29. The molecule has 0 spiro atoms. The zero-order valence-corrected chi connectivity index (χ0v) is 14.5. The molecule has 5 nitrogen and oxygen atoms in total. The van der Waals surface area contributed by atoms with E-state index in [4.69, 9.17) is 0 Å². The van der Waals surface area contributed by atoms with E-state index in [0.29, 0.717) is 0 Å². The number of aromatic nitrogens is 3. The zero-order chi connectivity index (χ0) is 16.5. The van der Waals surface area contributed by atoms with E-state index in [-0.39, 0.29) is 11.8 Å². The first-order valence-corrected chi connectivity index (χ1v) is 9.29. The first kappa shape index (κ1) is 15.3. The molecule has 4 rings (SSSR count). The number of aryl methyl sites for hydroxylation is 1. The van der Waals surface area contributed by atoms with Crippen molar-refractivity contribution in [2.75, 3.05) is 13.1 Å². The summed E-state index contributed by atoms with van der Waals surface area (Å²) in [6, 6.07) is 8.04. The van der Waals surface area contributed by atoms with Crippen LogP contribution in [0.1, 0.15) is 41.9 Å². The number of carbonyl (C=O) groups excluding carboxylic acids is 1. The van der Waals surface area contributed by atoms with Crippen molar-refractivity contribution < 1.29 is 4.79 Å². The molecular formula is C18H20N4OS. The Hall–Kier alpha value is -2.21. The fourth-order valence-electron chi connectivity index (χ4n) is 3.53. The summed E-state index contributed by atoms with van der Waals surface area (Å²) in [5.74, 6) is 1.41. The predicted molar refractivity (Wildman–Crippen MR) is 95.4 cm³/mol. The maximum Gasteiger partial charge on any atom is 0.255 e. The van der Waals surface area contributed by atoms with Crippen molar-refractivity contribution in [3.05, 3.63) is 47.4 Å². The van der Waals surface area contributed by atoms with Crippen LogP contribution in [0.2, 0.25) is 0 Å². The summed E-state index contributed by atoms with van der Waals surface area (Å²) in [4.78, 5) is 15.1. The van der Waals surface area contributed by atoms with Gasteiger partial charge in [-0.15, -0.1) is 21.5 Å². The topological polar surface area (TPSA) is 51.0 Å². The standard InChI is InChI=1S/C18H20N4OS/c1-2-21-12-19-20-17(21)14-6-4-9-22(11-14)18(23)15-7-3-5-13-8-10-24-16(13)15/h3,5,7-8,10,12,14H,2,4,6,9,11H2,1H3. The number of fused-ring (bicyclic) bond motifs is 1. The van der Waals surface area contributed by atoms with Crippen LogP contribution in [-0.4, -0.2) is 38.7 Å². The van der Waals surface area contributed by atoms with Crippen molar-refractivity contribution in [2.45, 2.75) is 32.2 Å². The molecule has 1 aliphatic rings. The Bertz CT molecular complexity index is 869. The molecule has 24 heavy (non-hydrogen) atoms. The summed E-state index contributed by atoms with van der Waals surface area (Å²) < 4.78 is 3.17. The van der Waals surface area contributed by atoms with Gasteiger partial charge in [-0.1, -0.05) is 12.1 Å². The number of nitrogens with zero attached hydrogens (tertiary/aromatic N) is 4. The van der Waals surface area contributed by atoms with Gasteiger partial charge in [0, 0.05) is 30.3 Å². The molecule has 2 aromatic heterocycles. The highest BCUT2D eigenvalue weighted by Crippen LogP contribution is 2.29. The summed E-state index contributed by atoms with van der Waals surface area (Å²) in [7, 11) is 0. The number of amides is 1. The summed E-state index contributed by atoms with van der Waals surface area (Å²) >= 11 is 1.64. The van der Waals surface area contributed by atoms with E-state index in [9.17, 15) is 4.79 Å². The summed E-state index contributed by atoms with van der Waals surface area (Å²) in [5.41, 5.74) is 0.820. The SMILES string of the molecule is CCn1cnnc1C1CCCN(C(=O)c2cccc3ccsc23)C1. The molecule has 1 fully saturated rings. The molecule has 0 aliphatic carbocycles. The van der Waals surface area contributed by atoms with Gasteiger partial charge in [-0.3, -0.25) is 4.79 Å². The highest BCUT2D eigenvalue weighted by molar-refractivity contribution is 7.17. The van der Waals surface area contributed by atoms with Crippen molar-refractivity contribution >= 4 is 27.3 Å². The molecule has 0 N–H and O–H groups in total. The number of rotatable bonds is 3. The third-order valence-electron chi connectivity index (χ3n) is 4.77. The van der Waals surface area contributed by atoms with Crippen molar-refractivity contribution in [3.8, 4) is 0 Å². The third-order valence-corrected chi connectivity index (χ3v) is 5.73. The van der Waals surface area contributed by atoms with Gasteiger partial charge in [-0.2, -0.15) is 0 Å². The lowest BCUT2D eigenvalue weighted by Crippen LogP contribution is -2.39. The molecule has 1 atom stereocenters. The van der Waals surface area contributed by atoms with Crippen LogP contribution < -0.4 is 0 Å². The van der Waals surface area contributed by atoms with Crippen LogP contribution in [0, 0.1) is 0 Å². The van der Waals surface area contributed by atoms with Crippen LogP contribution in [0.5, 0.6) is 0 Å². The Morgan fingerprint density at radius 1 is 1.38 bits per heavy atom. The van der Waals surface area contributed by atoms with Gasteiger partial charge in [-0.25, -0.2) is 0 Å². The van der Waals surface area contributed by atoms with Crippen LogP contribution >= 0.6 is 11.3 Å². The first-order valence-electron chi connectivity index (χ1n) is 8.41. The predicted octanol–water partition coefficient (Wildman–Crippen LogP) is 3.53. The van der Waals surface area contributed by atoms with Gasteiger partial charge in [0.05, 0.1) is 5.56 Å². The summed E-state index contributed by atoms with van der Waals surface area (Å²) in [6.45, 7) is 4.49. The van der Waals surface area contributed by atoms with Gasteiger partial charge in [0.15, 0.2) is 0 Å². The van der Waals surface area contributed by atoms with Crippen LogP contribution in [-0.2, 0) is 6.54 Å². The molecule has 3 heterocycles. The van der Waals surface area contributed by atoms with Gasteiger partial charge in [0.2, 0.25) is 0 Å². The number of hydrogen-bond acceptors (Lipinski definition) is 4. The number of thiophene rings is 1. The minimum atomic E-state index is 0.135. The van der Waals surface area contributed by atoms with Gasteiger partial charge in [0.25, 0.3) is 5.91 Å². The zero-order valence-electron chi connectivity index (χ0n) is 13.7. The monoisotopic (exact) mass is 340 g/mol. The first-order chi connectivity index (χ1) is 11.8. The fraction of sp³-hybridized carbons (Fsp3) is 0.389. The average Bonchev–Trinajstić information content (AvgIpc) is 3.29. The van der Waals surface area contributed by atoms with E-state index in [2.05, 4.69) is 33.8 Å². The van der Waals surface area contributed by atoms with Gasteiger partial charge in [-0.05, 0) is 42.7 Å². The normalized spacial score (nSPS) is 18.2. The average molecular weight is 340 g/mol. The second-order valence-corrected chi connectivity index (χ2v) is 7.13. The molecule has 0 saturated carbocycles. The van der Waals surface area contributed by atoms with Crippen molar-refractivity contribution in [1.29, 1.82) is 0 Å².